The van der Waals surface area contributed by atoms with Gasteiger partial charge in [-0.15, -0.1) is 0 Å². The standard InChI is InChI=1S/C33H21Cl2N3O3/c34-24-11-15-26(16-12-24)37-29(21-7-3-1-4-8-21)20-23(30(37)22-9-5-2-6-10-22)19-28-31(39)36-33(41)38(32(28)40)27-17-13-25(35)14-18-27/h1-20H,(H,36,39,41)/b28-19-. The molecule has 0 aliphatic carbocycles. The summed E-state index contributed by atoms with van der Waals surface area (Å²) >= 11 is 12.2. The fraction of sp³-hybridized carbons (Fsp3) is 0. The van der Waals surface area contributed by atoms with Crippen molar-refractivity contribution >= 4 is 52.8 Å². The number of imide groups is 2. The molecule has 1 aromatic heterocycles. The van der Waals surface area contributed by atoms with Crippen LogP contribution in [-0.4, -0.2) is 22.4 Å². The molecule has 0 atom stereocenters. The third kappa shape index (κ3) is 5.07. The van der Waals surface area contributed by atoms with Gasteiger partial charge in [0.2, 0.25) is 0 Å². The van der Waals surface area contributed by atoms with E-state index in [1.165, 1.54) is 6.08 Å². The highest BCUT2D eigenvalue weighted by molar-refractivity contribution is 6.39. The van der Waals surface area contributed by atoms with Crippen molar-refractivity contribution in [2.45, 2.75) is 0 Å². The minimum absolute atomic E-state index is 0.176. The number of amides is 4. The molecule has 1 aliphatic rings. The van der Waals surface area contributed by atoms with Crippen LogP contribution in [0.25, 0.3) is 34.3 Å². The van der Waals surface area contributed by atoms with Gasteiger partial charge in [0.25, 0.3) is 11.8 Å². The average Bonchev–Trinajstić information content (AvgIpc) is 3.36. The molecule has 200 valence electrons. The van der Waals surface area contributed by atoms with Crippen LogP contribution in [0.15, 0.2) is 121 Å². The van der Waals surface area contributed by atoms with E-state index < -0.39 is 17.8 Å². The Hall–Kier alpha value is -4.91. The lowest BCUT2D eigenvalue weighted by Gasteiger charge is -2.26. The van der Waals surface area contributed by atoms with E-state index in [-0.39, 0.29) is 5.57 Å². The van der Waals surface area contributed by atoms with E-state index in [0.717, 1.165) is 33.1 Å². The van der Waals surface area contributed by atoms with Gasteiger partial charge in [-0.3, -0.25) is 14.9 Å². The zero-order valence-corrected chi connectivity index (χ0v) is 22.9. The summed E-state index contributed by atoms with van der Waals surface area (Å²) < 4.78 is 2.07. The highest BCUT2D eigenvalue weighted by atomic mass is 35.5. The van der Waals surface area contributed by atoms with Crippen molar-refractivity contribution in [2.75, 3.05) is 4.90 Å². The van der Waals surface area contributed by atoms with Gasteiger partial charge >= 0.3 is 6.03 Å². The molecule has 0 bridgehead atoms. The molecule has 2 heterocycles. The number of barbiturate groups is 1. The van der Waals surface area contributed by atoms with E-state index in [2.05, 4.69) is 9.88 Å². The Labute approximate surface area is 246 Å². The Balaban J connectivity index is 1.59. The van der Waals surface area contributed by atoms with Crippen LogP contribution < -0.4 is 10.2 Å². The van der Waals surface area contributed by atoms with Gasteiger partial charge in [-0.05, 0) is 71.8 Å². The molecular weight excluding hydrogens is 557 g/mol. The van der Waals surface area contributed by atoms with E-state index in [9.17, 15) is 14.4 Å². The summed E-state index contributed by atoms with van der Waals surface area (Å²) in [5.74, 6) is -1.51. The molecule has 5 aromatic rings. The highest BCUT2D eigenvalue weighted by Gasteiger charge is 2.37. The summed E-state index contributed by atoms with van der Waals surface area (Å²) in [5.41, 5.74) is 4.98. The van der Waals surface area contributed by atoms with Crippen molar-refractivity contribution in [3.8, 4) is 28.2 Å². The summed E-state index contributed by atoms with van der Waals surface area (Å²) in [5, 5.41) is 3.35. The molecule has 0 spiro atoms. The Morgan fingerprint density at radius 1 is 0.634 bits per heavy atom. The van der Waals surface area contributed by atoms with Crippen LogP contribution in [0.4, 0.5) is 10.5 Å². The quantitative estimate of drug-likeness (QED) is 0.171. The summed E-state index contributed by atoms with van der Waals surface area (Å²) in [6.07, 6.45) is 1.54. The molecule has 1 N–H and O–H groups in total. The first-order valence-corrected chi connectivity index (χ1v) is 13.5. The lowest BCUT2D eigenvalue weighted by Crippen LogP contribution is -2.54. The van der Waals surface area contributed by atoms with Crippen LogP contribution in [0.3, 0.4) is 0 Å². The molecule has 0 radical (unpaired) electrons. The van der Waals surface area contributed by atoms with Crippen molar-refractivity contribution in [1.82, 2.24) is 9.88 Å². The second-order valence-electron chi connectivity index (χ2n) is 9.31. The van der Waals surface area contributed by atoms with Crippen LogP contribution in [0, 0.1) is 0 Å². The van der Waals surface area contributed by atoms with E-state index >= 15 is 0 Å². The predicted molar refractivity (Wildman–Crippen MR) is 162 cm³/mol. The van der Waals surface area contributed by atoms with E-state index in [4.69, 9.17) is 23.2 Å². The lowest BCUT2D eigenvalue weighted by molar-refractivity contribution is -0.122. The number of rotatable bonds is 5. The molecule has 6 nitrogen and oxygen atoms in total. The minimum atomic E-state index is -0.827. The number of nitrogens with zero attached hydrogens (tertiary/aromatic N) is 2. The molecule has 4 aromatic carbocycles. The Bertz CT molecular complexity index is 1810. The largest absolute Gasteiger partial charge is 0.335 e. The Morgan fingerprint density at radius 2 is 1.17 bits per heavy atom. The number of benzene rings is 4. The zero-order chi connectivity index (χ0) is 28.5. The van der Waals surface area contributed by atoms with Crippen molar-refractivity contribution in [2.24, 2.45) is 0 Å². The number of anilines is 1. The maximum absolute atomic E-state index is 13.7. The number of halogens is 2. The van der Waals surface area contributed by atoms with Gasteiger partial charge in [0.05, 0.1) is 17.1 Å². The maximum atomic E-state index is 13.7. The van der Waals surface area contributed by atoms with Crippen LogP contribution >= 0.6 is 23.2 Å². The smallest absolute Gasteiger partial charge is 0.309 e. The molecule has 41 heavy (non-hydrogen) atoms. The van der Waals surface area contributed by atoms with Crippen LogP contribution in [0.1, 0.15) is 5.56 Å². The van der Waals surface area contributed by atoms with E-state index in [0.29, 0.717) is 21.3 Å². The first-order valence-electron chi connectivity index (χ1n) is 12.7. The molecule has 8 heteroatoms. The van der Waals surface area contributed by atoms with E-state index in [1.807, 2.05) is 91.0 Å². The minimum Gasteiger partial charge on any atom is -0.309 e. The van der Waals surface area contributed by atoms with Gasteiger partial charge in [-0.1, -0.05) is 83.9 Å². The predicted octanol–water partition coefficient (Wildman–Crippen LogP) is 7.78. The fourth-order valence-electron chi connectivity index (χ4n) is 4.85. The van der Waals surface area contributed by atoms with Crippen LogP contribution in [0.5, 0.6) is 0 Å². The van der Waals surface area contributed by atoms with Gasteiger partial charge in [-0.2, -0.15) is 0 Å². The van der Waals surface area contributed by atoms with Crippen molar-refractivity contribution in [1.29, 1.82) is 0 Å². The third-order valence-corrected chi connectivity index (χ3v) is 7.22. The highest BCUT2D eigenvalue weighted by Crippen LogP contribution is 2.38. The summed E-state index contributed by atoms with van der Waals surface area (Å²) in [6, 6.07) is 34.3. The first-order chi connectivity index (χ1) is 19.9. The number of hydrogen-bond acceptors (Lipinski definition) is 3. The summed E-state index contributed by atoms with van der Waals surface area (Å²) in [6.45, 7) is 0. The zero-order valence-electron chi connectivity index (χ0n) is 21.4. The number of carbonyl (C=O) groups is 3. The average molecular weight is 578 g/mol. The van der Waals surface area contributed by atoms with Crippen molar-refractivity contribution in [3.63, 3.8) is 0 Å². The second kappa shape index (κ2) is 10.9. The van der Waals surface area contributed by atoms with Crippen LogP contribution in [-0.2, 0) is 9.59 Å². The van der Waals surface area contributed by atoms with Crippen LogP contribution in [0.2, 0.25) is 10.0 Å². The maximum Gasteiger partial charge on any atom is 0.335 e. The van der Waals surface area contributed by atoms with Gasteiger partial charge in [0.1, 0.15) is 5.57 Å². The van der Waals surface area contributed by atoms with Gasteiger partial charge in [0, 0.05) is 21.3 Å². The Morgan fingerprint density at radius 3 is 1.76 bits per heavy atom. The second-order valence-corrected chi connectivity index (χ2v) is 10.2. The fourth-order valence-corrected chi connectivity index (χ4v) is 5.10. The number of hydrogen-bond donors (Lipinski definition) is 1. The SMILES string of the molecule is O=C1NC(=O)N(c2ccc(Cl)cc2)C(=O)/C1=C\c1cc(-c2ccccc2)n(-c2ccc(Cl)cc2)c1-c1ccccc1. The topological polar surface area (TPSA) is 71.4 Å². The molecule has 0 unspecified atom stereocenters. The summed E-state index contributed by atoms with van der Waals surface area (Å²) in [7, 11) is 0. The van der Waals surface area contributed by atoms with Gasteiger partial charge < -0.3 is 4.57 Å². The molecular formula is C33H21Cl2N3O3. The molecule has 1 fully saturated rings. The van der Waals surface area contributed by atoms with Gasteiger partial charge in [0.15, 0.2) is 0 Å². The van der Waals surface area contributed by atoms with Gasteiger partial charge in [-0.25, -0.2) is 9.69 Å². The molecule has 1 aliphatic heterocycles. The Kier molecular flexibility index (Phi) is 7.01. The van der Waals surface area contributed by atoms with E-state index in [1.54, 1.807) is 24.3 Å². The number of aromatic nitrogens is 1. The van der Waals surface area contributed by atoms with Crippen molar-refractivity contribution in [3.05, 3.63) is 136 Å². The number of nitrogens with one attached hydrogen (secondary N) is 1. The first kappa shape index (κ1) is 26.3. The third-order valence-electron chi connectivity index (χ3n) is 6.72. The molecule has 0 saturated carbocycles. The van der Waals surface area contributed by atoms with Crippen molar-refractivity contribution < 1.29 is 14.4 Å². The molecule has 6 rings (SSSR count). The number of urea groups is 1. The normalized spacial score (nSPS) is 14.4. The lowest BCUT2D eigenvalue weighted by atomic mass is 10.0. The monoisotopic (exact) mass is 577 g/mol. The molecule has 1 saturated heterocycles. The summed E-state index contributed by atoms with van der Waals surface area (Å²) in [4.78, 5) is 40.4. The molecule has 4 amide bonds. The number of carbonyl (C=O) groups excluding carboxylic acids is 3.